The molecule has 0 aromatic heterocycles. The molecule has 1 aliphatic heterocycles. The van der Waals surface area contributed by atoms with Crippen LogP contribution in [-0.2, 0) is 9.59 Å². The van der Waals surface area contributed by atoms with Gasteiger partial charge in [-0.05, 0) is 31.5 Å². The Morgan fingerprint density at radius 2 is 1.92 bits per heavy atom. The van der Waals surface area contributed by atoms with Gasteiger partial charge >= 0.3 is 12.1 Å². The van der Waals surface area contributed by atoms with Crippen LogP contribution >= 0.6 is 12.4 Å². The first-order valence-corrected chi connectivity index (χ1v) is 7.61. The molecule has 0 aliphatic carbocycles. The van der Waals surface area contributed by atoms with Crippen molar-refractivity contribution < 1.29 is 32.3 Å². The molecule has 5 nitrogen and oxygen atoms in total. The van der Waals surface area contributed by atoms with Crippen LogP contribution in [0.4, 0.5) is 23.2 Å². The first-order valence-electron chi connectivity index (χ1n) is 7.61. The number of alkyl halides is 3. The van der Waals surface area contributed by atoms with Gasteiger partial charge in [0, 0.05) is 18.8 Å². The number of halogens is 5. The fourth-order valence-corrected chi connectivity index (χ4v) is 2.86. The van der Waals surface area contributed by atoms with Crippen LogP contribution in [0.15, 0.2) is 18.2 Å². The molecule has 2 rings (SSSR count). The predicted octanol–water partition coefficient (Wildman–Crippen LogP) is 3.08. The molecule has 1 heterocycles. The van der Waals surface area contributed by atoms with Crippen LogP contribution in [0.3, 0.4) is 0 Å². The van der Waals surface area contributed by atoms with Crippen LogP contribution < -0.4 is 5.32 Å². The molecule has 1 fully saturated rings. The number of hydrogen-bond donors (Lipinski definition) is 2. The number of nitrogens with zero attached hydrogens (tertiary/aromatic N) is 1. The van der Waals surface area contributed by atoms with Crippen molar-refractivity contribution in [1.82, 2.24) is 4.90 Å². The molecule has 1 amide bonds. The number of carbonyl (C=O) groups is 2. The fraction of sp³-hybridized carbons (Fsp3) is 0.500. The van der Waals surface area contributed by atoms with Crippen LogP contribution in [0.1, 0.15) is 12.5 Å². The van der Waals surface area contributed by atoms with E-state index in [-0.39, 0.29) is 24.6 Å². The average Bonchev–Trinajstić information content (AvgIpc) is 2.95. The maximum atomic E-state index is 13.3. The van der Waals surface area contributed by atoms with Gasteiger partial charge in [0.05, 0.1) is 17.9 Å². The van der Waals surface area contributed by atoms with Crippen molar-refractivity contribution in [3.8, 4) is 0 Å². The Labute approximate surface area is 153 Å². The maximum Gasteiger partial charge on any atom is 0.393 e. The third-order valence-corrected chi connectivity index (χ3v) is 4.47. The van der Waals surface area contributed by atoms with Crippen molar-refractivity contribution in [3.05, 3.63) is 29.6 Å². The Bertz CT molecular complexity index is 684. The van der Waals surface area contributed by atoms with Gasteiger partial charge in [-0.2, -0.15) is 13.2 Å². The molecule has 1 saturated heterocycles. The lowest BCUT2D eigenvalue weighted by molar-refractivity contribution is -0.188. The molecule has 2 N–H and O–H groups in total. The van der Waals surface area contributed by atoms with E-state index in [9.17, 15) is 27.2 Å². The van der Waals surface area contributed by atoms with E-state index in [0.717, 1.165) is 6.07 Å². The summed E-state index contributed by atoms with van der Waals surface area (Å²) in [5.74, 6) is -6.38. The lowest BCUT2D eigenvalue weighted by Crippen LogP contribution is -2.41. The SMILES string of the molecule is Cc1ccc(F)cc1NC(=O)C(C)N1C[C@@H](C(F)(F)F)[C@H](C(=O)O)C1.Cl. The highest BCUT2D eigenvalue weighted by atomic mass is 35.5. The summed E-state index contributed by atoms with van der Waals surface area (Å²) >= 11 is 0. The summed E-state index contributed by atoms with van der Waals surface area (Å²) < 4.78 is 52.3. The summed E-state index contributed by atoms with van der Waals surface area (Å²) in [6, 6.07) is 2.81. The number of carbonyl (C=O) groups excluding carboxylic acids is 1. The Morgan fingerprint density at radius 1 is 1.31 bits per heavy atom. The zero-order valence-corrected chi connectivity index (χ0v) is 14.8. The van der Waals surface area contributed by atoms with Crippen molar-refractivity contribution >= 4 is 30.0 Å². The summed E-state index contributed by atoms with van der Waals surface area (Å²) in [5, 5.41) is 11.5. The highest BCUT2D eigenvalue weighted by Gasteiger charge is 2.53. The molecule has 3 atom stereocenters. The maximum absolute atomic E-state index is 13.3. The normalized spacial score (nSPS) is 21.8. The molecule has 0 spiro atoms. The van der Waals surface area contributed by atoms with Crippen molar-refractivity contribution in [1.29, 1.82) is 0 Å². The molecule has 1 aromatic carbocycles. The summed E-state index contributed by atoms with van der Waals surface area (Å²) in [6.45, 7) is 2.09. The lowest BCUT2D eigenvalue weighted by atomic mass is 9.96. The van der Waals surface area contributed by atoms with Crippen LogP contribution in [0.2, 0.25) is 0 Å². The van der Waals surface area contributed by atoms with Gasteiger partial charge in [-0.25, -0.2) is 4.39 Å². The van der Waals surface area contributed by atoms with Gasteiger partial charge in [0.2, 0.25) is 5.91 Å². The first kappa shape index (κ1) is 22.2. The highest BCUT2D eigenvalue weighted by Crippen LogP contribution is 2.38. The van der Waals surface area contributed by atoms with Gasteiger partial charge in [-0.1, -0.05) is 6.07 Å². The monoisotopic (exact) mass is 398 g/mol. The number of likely N-dealkylation sites (tertiary alicyclic amines) is 1. The zero-order chi connectivity index (χ0) is 18.9. The summed E-state index contributed by atoms with van der Waals surface area (Å²) in [6.07, 6.45) is -4.66. The minimum absolute atomic E-state index is 0. The van der Waals surface area contributed by atoms with Crippen LogP contribution in [-0.4, -0.2) is 47.2 Å². The van der Waals surface area contributed by atoms with Gasteiger partial charge in [0.25, 0.3) is 0 Å². The molecule has 0 radical (unpaired) electrons. The van der Waals surface area contributed by atoms with Gasteiger partial charge in [-0.3, -0.25) is 14.5 Å². The van der Waals surface area contributed by atoms with Crippen LogP contribution in [0.25, 0.3) is 0 Å². The second-order valence-electron chi connectivity index (χ2n) is 6.17. The Hall–Kier alpha value is -1.87. The van der Waals surface area contributed by atoms with Crippen LogP contribution in [0.5, 0.6) is 0 Å². The summed E-state index contributed by atoms with van der Waals surface area (Å²) in [7, 11) is 0. The number of hydrogen-bond acceptors (Lipinski definition) is 3. The molecule has 1 aromatic rings. The number of anilines is 1. The Kier molecular flexibility index (Phi) is 7.01. The minimum atomic E-state index is -4.66. The number of aryl methyl sites for hydroxylation is 1. The van der Waals surface area contributed by atoms with E-state index in [2.05, 4.69) is 5.32 Å². The van der Waals surface area contributed by atoms with Crippen molar-refractivity contribution in [2.75, 3.05) is 18.4 Å². The molecule has 1 aliphatic rings. The summed E-state index contributed by atoms with van der Waals surface area (Å²) in [5.41, 5.74) is 0.818. The van der Waals surface area contributed by atoms with Crippen molar-refractivity contribution in [2.24, 2.45) is 11.8 Å². The van der Waals surface area contributed by atoms with E-state index in [0.29, 0.717) is 5.56 Å². The van der Waals surface area contributed by atoms with Gasteiger partial charge in [-0.15, -0.1) is 12.4 Å². The lowest BCUT2D eigenvalue weighted by Gasteiger charge is -2.24. The largest absolute Gasteiger partial charge is 0.481 e. The number of amides is 1. The van der Waals surface area contributed by atoms with E-state index >= 15 is 0 Å². The van der Waals surface area contributed by atoms with E-state index < -0.39 is 48.3 Å². The van der Waals surface area contributed by atoms with E-state index in [1.807, 2.05) is 0 Å². The number of carboxylic acids is 1. The highest BCUT2D eigenvalue weighted by molar-refractivity contribution is 5.95. The molecule has 0 saturated carbocycles. The van der Waals surface area contributed by atoms with Crippen LogP contribution in [0, 0.1) is 24.6 Å². The van der Waals surface area contributed by atoms with Gasteiger partial charge < -0.3 is 10.4 Å². The predicted molar refractivity (Wildman–Crippen MR) is 88.7 cm³/mol. The van der Waals surface area contributed by atoms with Gasteiger partial charge in [0.1, 0.15) is 5.82 Å². The fourth-order valence-electron chi connectivity index (χ4n) is 2.86. The molecule has 0 bridgehead atoms. The standard InChI is InChI=1S/C16H18F4N2O3.ClH/c1-8-3-4-10(17)5-13(8)21-14(23)9(2)22-6-11(15(24)25)12(7-22)16(18,19)20;/h3-5,9,11-12H,6-7H2,1-2H3,(H,21,23)(H,24,25);1H/t9?,11-,12-;/m1./s1. The Balaban J connectivity index is 0.00000338. The number of aliphatic carboxylic acids is 1. The van der Waals surface area contributed by atoms with Crippen molar-refractivity contribution in [2.45, 2.75) is 26.1 Å². The zero-order valence-electron chi connectivity index (χ0n) is 14.0. The molecule has 146 valence electrons. The minimum Gasteiger partial charge on any atom is -0.481 e. The average molecular weight is 399 g/mol. The second kappa shape index (κ2) is 8.22. The number of carboxylic acid groups (broad SMARTS) is 1. The third kappa shape index (κ3) is 4.85. The second-order valence-corrected chi connectivity index (χ2v) is 6.17. The van der Waals surface area contributed by atoms with Gasteiger partial charge in [0.15, 0.2) is 0 Å². The number of nitrogens with one attached hydrogen (secondary N) is 1. The van der Waals surface area contributed by atoms with Crippen molar-refractivity contribution in [3.63, 3.8) is 0 Å². The smallest absolute Gasteiger partial charge is 0.393 e. The number of rotatable bonds is 4. The van der Waals surface area contributed by atoms with E-state index in [1.54, 1.807) is 6.92 Å². The third-order valence-electron chi connectivity index (χ3n) is 4.47. The molecular formula is C16H19ClF4N2O3. The van der Waals surface area contributed by atoms with E-state index in [4.69, 9.17) is 5.11 Å². The number of benzene rings is 1. The topological polar surface area (TPSA) is 69.6 Å². The molecule has 26 heavy (non-hydrogen) atoms. The first-order chi connectivity index (χ1) is 11.5. The summed E-state index contributed by atoms with van der Waals surface area (Å²) in [4.78, 5) is 24.6. The quantitative estimate of drug-likeness (QED) is 0.765. The van der Waals surface area contributed by atoms with E-state index in [1.165, 1.54) is 24.0 Å². The Morgan fingerprint density at radius 3 is 2.42 bits per heavy atom. The molecule has 1 unspecified atom stereocenters. The molecule has 10 heteroatoms. The molecular weight excluding hydrogens is 380 g/mol.